The van der Waals surface area contributed by atoms with Gasteiger partial charge in [-0.25, -0.2) is 8.78 Å². The second-order valence-corrected chi connectivity index (χ2v) is 7.29. The van der Waals surface area contributed by atoms with Gasteiger partial charge in [0.1, 0.15) is 11.6 Å². The second kappa shape index (κ2) is 6.48. The molecule has 2 aromatic carbocycles. The van der Waals surface area contributed by atoms with Crippen molar-refractivity contribution in [1.82, 2.24) is 0 Å². The van der Waals surface area contributed by atoms with Crippen molar-refractivity contribution in [1.29, 1.82) is 0 Å². The molecule has 1 N–H and O–H groups in total. The Balaban J connectivity index is 1.76. The Labute approximate surface area is 151 Å². The van der Waals surface area contributed by atoms with Crippen LogP contribution in [0, 0.1) is 11.6 Å². The quantitative estimate of drug-likeness (QED) is 0.854. The molecule has 1 fully saturated rings. The molecule has 0 aromatic heterocycles. The summed E-state index contributed by atoms with van der Waals surface area (Å²) < 4.78 is 39.2. The van der Waals surface area contributed by atoms with Crippen molar-refractivity contribution in [2.75, 3.05) is 5.32 Å². The smallest absolute Gasteiger partial charge is 0.399 e. The van der Waals surface area contributed by atoms with Gasteiger partial charge >= 0.3 is 7.12 Å². The van der Waals surface area contributed by atoms with Crippen molar-refractivity contribution < 1.29 is 22.9 Å². The normalized spacial score (nSPS) is 18.0. The lowest BCUT2D eigenvalue weighted by atomic mass is 9.78. The Morgan fingerprint density at radius 2 is 1.54 bits per heavy atom. The summed E-state index contributed by atoms with van der Waals surface area (Å²) >= 11 is 0. The third-order valence-corrected chi connectivity index (χ3v) is 4.87. The van der Waals surface area contributed by atoms with Gasteiger partial charge in [0.15, 0.2) is 0 Å². The van der Waals surface area contributed by atoms with Gasteiger partial charge in [-0.3, -0.25) is 4.79 Å². The molecular formula is C19H20BF2NO3. The van der Waals surface area contributed by atoms with Gasteiger partial charge in [0.25, 0.3) is 5.91 Å². The van der Waals surface area contributed by atoms with E-state index in [1.54, 1.807) is 6.07 Å². The van der Waals surface area contributed by atoms with Crippen LogP contribution in [-0.2, 0) is 9.31 Å². The Bertz CT molecular complexity index is 821. The van der Waals surface area contributed by atoms with E-state index >= 15 is 0 Å². The van der Waals surface area contributed by atoms with Gasteiger partial charge in [-0.2, -0.15) is 0 Å². The highest BCUT2D eigenvalue weighted by atomic mass is 19.1. The molecule has 0 atom stereocenters. The molecule has 4 nitrogen and oxygen atoms in total. The molecule has 136 valence electrons. The molecule has 0 bridgehead atoms. The zero-order valence-corrected chi connectivity index (χ0v) is 15.1. The van der Waals surface area contributed by atoms with Crippen LogP contribution in [0.3, 0.4) is 0 Å². The number of benzene rings is 2. The van der Waals surface area contributed by atoms with E-state index in [1.165, 1.54) is 36.4 Å². The van der Waals surface area contributed by atoms with Crippen molar-refractivity contribution >= 4 is 24.2 Å². The van der Waals surface area contributed by atoms with Crippen molar-refractivity contribution in [3.63, 3.8) is 0 Å². The first-order valence-corrected chi connectivity index (χ1v) is 8.31. The van der Waals surface area contributed by atoms with E-state index in [0.29, 0.717) is 0 Å². The van der Waals surface area contributed by atoms with Gasteiger partial charge in [0, 0.05) is 16.7 Å². The third-order valence-electron chi connectivity index (χ3n) is 4.87. The van der Waals surface area contributed by atoms with Crippen LogP contribution in [0.5, 0.6) is 0 Å². The topological polar surface area (TPSA) is 47.6 Å². The number of halogens is 2. The number of carbonyl (C=O) groups excluding carboxylic acids is 1. The van der Waals surface area contributed by atoms with Crippen LogP contribution in [0.2, 0.25) is 0 Å². The largest absolute Gasteiger partial charge is 0.497 e. The van der Waals surface area contributed by atoms with Crippen molar-refractivity contribution in [3.05, 3.63) is 59.7 Å². The van der Waals surface area contributed by atoms with Crippen LogP contribution in [-0.4, -0.2) is 24.2 Å². The van der Waals surface area contributed by atoms with E-state index in [2.05, 4.69) is 5.32 Å². The zero-order valence-electron chi connectivity index (χ0n) is 15.1. The summed E-state index contributed by atoms with van der Waals surface area (Å²) in [6.07, 6.45) is 0. The van der Waals surface area contributed by atoms with Gasteiger partial charge < -0.3 is 14.6 Å². The monoisotopic (exact) mass is 359 g/mol. The van der Waals surface area contributed by atoms with Crippen molar-refractivity contribution in [3.8, 4) is 0 Å². The van der Waals surface area contributed by atoms with E-state index in [-0.39, 0.29) is 16.7 Å². The summed E-state index contributed by atoms with van der Waals surface area (Å²) in [5.41, 5.74) is -0.304. The maximum atomic E-state index is 14.6. The molecule has 0 spiro atoms. The van der Waals surface area contributed by atoms with E-state index in [0.717, 1.165) is 0 Å². The fraction of sp³-hybridized carbons (Fsp3) is 0.316. The van der Waals surface area contributed by atoms with Gasteiger partial charge in [0.05, 0.1) is 11.2 Å². The van der Waals surface area contributed by atoms with Gasteiger partial charge in [-0.15, -0.1) is 0 Å². The van der Waals surface area contributed by atoms with Crippen molar-refractivity contribution in [2.45, 2.75) is 38.9 Å². The fourth-order valence-electron chi connectivity index (χ4n) is 2.57. The molecule has 0 aliphatic carbocycles. The zero-order chi connectivity index (χ0) is 19.1. The molecule has 3 rings (SSSR count). The standard InChI is InChI=1S/C19H20BF2NO3/c1-18(2)19(3,4)26-20(25-18)15-10-9-14(11-16(15)22)23-17(24)12-5-7-13(21)8-6-12/h5-11H,1-4H3,(H,23,24). The average Bonchev–Trinajstić information content (AvgIpc) is 2.75. The second-order valence-electron chi connectivity index (χ2n) is 7.29. The van der Waals surface area contributed by atoms with Crippen LogP contribution in [0.25, 0.3) is 0 Å². The maximum Gasteiger partial charge on any atom is 0.497 e. The van der Waals surface area contributed by atoms with Crippen LogP contribution in [0.15, 0.2) is 42.5 Å². The van der Waals surface area contributed by atoms with Crippen LogP contribution >= 0.6 is 0 Å². The number of rotatable bonds is 3. The summed E-state index contributed by atoms with van der Waals surface area (Å²) in [6, 6.07) is 9.41. The Hall–Kier alpha value is -2.25. The lowest BCUT2D eigenvalue weighted by Gasteiger charge is -2.32. The fourth-order valence-corrected chi connectivity index (χ4v) is 2.57. The molecular weight excluding hydrogens is 339 g/mol. The average molecular weight is 359 g/mol. The van der Waals surface area contributed by atoms with Crippen LogP contribution in [0.1, 0.15) is 38.1 Å². The molecule has 0 unspecified atom stereocenters. The molecule has 2 aromatic rings. The highest BCUT2D eigenvalue weighted by Gasteiger charge is 2.52. The minimum atomic E-state index is -0.818. The number of hydrogen-bond donors (Lipinski definition) is 1. The van der Waals surface area contributed by atoms with Crippen LogP contribution < -0.4 is 10.8 Å². The van der Waals surface area contributed by atoms with E-state index in [4.69, 9.17) is 9.31 Å². The van der Waals surface area contributed by atoms with E-state index in [1.807, 2.05) is 27.7 Å². The first-order valence-electron chi connectivity index (χ1n) is 8.31. The van der Waals surface area contributed by atoms with Gasteiger partial charge in [-0.05, 0) is 64.1 Å². The minimum Gasteiger partial charge on any atom is -0.399 e. The van der Waals surface area contributed by atoms with E-state index in [9.17, 15) is 13.6 Å². The molecule has 0 saturated carbocycles. The van der Waals surface area contributed by atoms with E-state index < -0.39 is 35.9 Å². The predicted octanol–water partition coefficient (Wildman–Crippen LogP) is 3.52. The maximum absolute atomic E-state index is 14.6. The summed E-state index contributed by atoms with van der Waals surface area (Å²) in [6.45, 7) is 7.56. The lowest BCUT2D eigenvalue weighted by molar-refractivity contribution is 0.00578. The Morgan fingerprint density at radius 1 is 0.962 bits per heavy atom. The molecule has 1 amide bonds. The number of carbonyl (C=O) groups is 1. The first-order chi connectivity index (χ1) is 12.1. The van der Waals surface area contributed by atoms with Crippen LogP contribution in [0.4, 0.5) is 14.5 Å². The number of anilines is 1. The summed E-state index contributed by atoms with van der Waals surface area (Å²) in [5, 5.41) is 2.59. The molecule has 7 heteroatoms. The highest BCUT2D eigenvalue weighted by Crippen LogP contribution is 2.36. The predicted molar refractivity (Wildman–Crippen MR) is 96.5 cm³/mol. The first kappa shape index (κ1) is 18.5. The SMILES string of the molecule is CC1(C)OB(c2ccc(NC(=O)c3ccc(F)cc3)cc2F)OC1(C)C. The molecule has 0 radical (unpaired) electrons. The number of hydrogen-bond acceptors (Lipinski definition) is 3. The Kier molecular flexibility index (Phi) is 4.62. The highest BCUT2D eigenvalue weighted by molar-refractivity contribution is 6.62. The summed E-state index contributed by atoms with van der Waals surface area (Å²) in [4.78, 5) is 12.1. The van der Waals surface area contributed by atoms with Crippen molar-refractivity contribution in [2.24, 2.45) is 0 Å². The molecule has 1 aliphatic heterocycles. The van der Waals surface area contributed by atoms with Gasteiger partial charge in [-0.1, -0.05) is 6.07 Å². The minimum absolute atomic E-state index is 0.267. The van der Waals surface area contributed by atoms with Gasteiger partial charge in [0.2, 0.25) is 0 Å². The lowest BCUT2D eigenvalue weighted by Crippen LogP contribution is -2.41. The molecule has 1 saturated heterocycles. The molecule has 1 heterocycles. The number of amides is 1. The summed E-state index contributed by atoms with van der Waals surface area (Å²) in [7, 11) is -0.818. The molecule has 1 aliphatic rings. The summed E-state index contributed by atoms with van der Waals surface area (Å²) in [5.74, 6) is -1.42. The number of nitrogens with one attached hydrogen (secondary N) is 1. The molecule has 26 heavy (non-hydrogen) atoms. The Morgan fingerprint density at radius 3 is 2.08 bits per heavy atom. The third kappa shape index (κ3) is 3.50.